The van der Waals surface area contributed by atoms with E-state index in [1.54, 1.807) is 0 Å². The van der Waals surface area contributed by atoms with Crippen LogP contribution in [0, 0.1) is 0 Å². The standard InChI is InChI=1S/C38H27N5/c1-37(2)24-12-7-6-11-21(24)23-18-27-31(19-26(23)37)42-30-15-9-14-29-34(30)43(35(42)39-27)36-40-33-28(41(29)36)17-16-22-20-10-5-8-13-25(20)38(3,4)32(22)33/h5-19H,1-4H3. The van der Waals surface area contributed by atoms with Crippen LogP contribution in [-0.2, 0) is 10.8 Å². The van der Waals surface area contributed by atoms with E-state index in [0.29, 0.717) is 0 Å². The summed E-state index contributed by atoms with van der Waals surface area (Å²) in [6.45, 7) is 9.35. The van der Waals surface area contributed by atoms with Crippen LogP contribution in [0.5, 0.6) is 0 Å². The molecule has 4 aromatic heterocycles. The summed E-state index contributed by atoms with van der Waals surface area (Å²) < 4.78 is 6.98. The van der Waals surface area contributed by atoms with Crippen LogP contribution in [0.2, 0.25) is 0 Å². The van der Waals surface area contributed by atoms with Gasteiger partial charge in [0, 0.05) is 10.8 Å². The first-order valence-electron chi connectivity index (χ1n) is 15.1. The van der Waals surface area contributed by atoms with Crippen molar-refractivity contribution in [3.8, 4) is 22.3 Å². The maximum atomic E-state index is 5.46. The SMILES string of the molecule is CC1(C)c2ccccc2-c2cc3nc4n(c3cc21)c1cccc2c1n4c1nc3c4c(ccc3n21)-c1ccccc1C4(C)C. The van der Waals surface area contributed by atoms with E-state index in [1.807, 2.05) is 0 Å². The highest BCUT2D eigenvalue weighted by molar-refractivity contribution is 6.06. The van der Waals surface area contributed by atoms with E-state index in [0.717, 1.165) is 44.7 Å². The van der Waals surface area contributed by atoms with Crippen molar-refractivity contribution in [2.75, 3.05) is 0 Å². The summed E-state index contributed by atoms with van der Waals surface area (Å²) in [5, 5.41) is 0. The number of fused-ring (bicyclic) bond motifs is 17. The van der Waals surface area contributed by atoms with E-state index >= 15 is 0 Å². The van der Waals surface area contributed by atoms with Crippen molar-refractivity contribution in [3.05, 3.63) is 113 Å². The Labute approximate surface area is 247 Å². The van der Waals surface area contributed by atoms with E-state index in [4.69, 9.17) is 9.97 Å². The minimum Gasteiger partial charge on any atom is -0.276 e. The van der Waals surface area contributed by atoms with Gasteiger partial charge in [0.2, 0.25) is 11.6 Å². The van der Waals surface area contributed by atoms with Crippen LogP contribution in [-0.4, -0.2) is 23.2 Å². The fraction of sp³-hybridized carbons (Fsp3) is 0.158. The fourth-order valence-corrected chi connectivity index (χ4v) is 8.82. The molecule has 0 bridgehead atoms. The summed E-state index contributed by atoms with van der Waals surface area (Å²) in [6.07, 6.45) is 0. The molecule has 0 radical (unpaired) electrons. The van der Waals surface area contributed by atoms with Crippen LogP contribution in [0.4, 0.5) is 0 Å². The molecule has 5 nitrogen and oxygen atoms in total. The second-order valence-electron chi connectivity index (χ2n) is 13.6. The van der Waals surface area contributed by atoms with Gasteiger partial charge in [-0.2, -0.15) is 0 Å². The molecule has 2 aliphatic carbocycles. The molecule has 2 aliphatic rings. The van der Waals surface area contributed by atoms with E-state index in [-0.39, 0.29) is 10.8 Å². The molecule has 0 amide bonds. The van der Waals surface area contributed by atoms with Crippen molar-refractivity contribution in [1.29, 1.82) is 0 Å². The molecule has 0 fully saturated rings. The molecule has 0 unspecified atom stereocenters. The number of imidazole rings is 4. The highest BCUT2D eigenvalue weighted by Crippen LogP contribution is 2.52. The second kappa shape index (κ2) is 6.73. The molecule has 0 spiro atoms. The Bertz CT molecular complexity index is 2710. The second-order valence-corrected chi connectivity index (χ2v) is 13.6. The van der Waals surface area contributed by atoms with Crippen molar-refractivity contribution in [2.24, 2.45) is 0 Å². The Balaban J connectivity index is 1.28. The number of rotatable bonds is 0. The average molecular weight is 554 g/mol. The number of nitrogens with zero attached hydrogens (tertiary/aromatic N) is 5. The zero-order valence-electron chi connectivity index (χ0n) is 24.4. The third-order valence-electron chi connectivity index (χ3n) is 10.8. The van der Waals surface area contributed by atoms with Crippen LogP contribution < -0.4 is 0 Å². The maximum Gasteiger partial charge on any atom is 0.223 e. The third kappa shape index (κ3) is 2.29. The van der Waals surface area contributed by atoms with Crippen LogP contribution in [0.15, 0.2) is 91.0 Å². The van der Waals surface area contributed by atoms with Gasteiger partial charge in [0.15, 0.2) is 0 Å². The lowest BCUT2D eigenvalue weighted by molar-refractivity contribution is 0.661. The Morgan fingerprint density at radius 3 is 1.91 bits per heavy atom. The Kier molecular flexibility index (Phi) is 3.51. The Morgan fingerprint density at radius 2 is 1.14 bits per heavy atom. The summed E-state index contributed by atoms with van der Waals surface area (Å²) in [7, 11) is 0. The Morgan fingerprint density at radius 1 is 0.488 bits per heavy atom. The summed E-state index contributed by atoms with van der Waals surface area (Å²) in [5.74, 6) is 1.84. The first-order valence-corrected chi connectivity index (χ1v) is 15.1. The molecule has 0 N–H and O–H groups in total. The van der Waals surface area contributed by atoms with E-state index < -0.39 is 0 Å². The molecular weight excluding hydrogens is 526 g/mol. The number of hydrogen-bond acceptors (Lipinski definition) is 2. The lowest BCUT2D eigenvalue weighted by Crippen LogP contribution is -2.15. The predicted octanol–water partition coefficient (Wildman–Crippen LogP) is 8.74. The van der Waals surface area contributed by atoms with Gasteiger partial charge in [0.25, 0.3) is 0 Å². The van der Waals surface area contributed by atoms with Gasteiger partial charge in [0.05, 0.1) is 33.1 Å². The minimum absolute atomic E-state index is 0.0659. The number of hydrogen-bond donors (Lipinski definition) is 0. The molecule has 9 aromatic rings. The molecule has 5 aromatic carbocycles. The van der Waals surface area contributed by atoms with Gasteiger partial charge in [-0.25, -0.2) is 14.4 Å². The van der Waals surface area contributed by atoms with Crippen molar-refractivity contribution in [2.45, 2.75) is 38.5 Å². The summed E-state index contributed by atoms with van der Waals surface area (Å²) in [4.78, 5) is 10.8. The van der Waals surface area contributed by atoms with Gasteiger partial charge in [-0.05, 0) is 74.8 Å². The first kappa shape index (κ1) is 22.4. The summed E-state index contributed by atoms with van der Waals surface area (Å²) >= 11 is 0. The molecule has 4 heterocycles. The van der Waals surface area contributed by atoms with Crippen LogP contribution in [0.3, 0.4) is 0 Å². The fourth-order valence-electron chi connectivity index (χ4n) is 8.82. The minimum atomic E-state index is -0.131. The molecule has 0 saturated carbocycles. The van der Waals surface area contributed by atoms with Crippen LogP contribution in [0.1, 0.15) is 49.9 Å². The molecule has 11 rings (SSSR count). The van der Waals surface area contributed by atoms with Gasteiger partial charge >= 0.3 is 0 Å². The Hall–Kier alpha value is -5.16. The molecule has 43 heavy (non-hydrogen) atoms. The molecule has 0 saturated heterocycles. The van der Waals surface area contributed by atoms with Crippen molar-refractivity contribution in [1.82, 2.24) is 23.2 Å². The lowest BCUT2D eigenvalue weighted by Gasteiger charge is -2.21. The quantitative estimate of drug-likeness (QED) is 0.188. The number of para-hydroxylation sites is 1. The van der Waals surface area contributed by atoms with Gasteiger partial charge in [0.1, 0.15) is 5.52 Å². The van der Waals surface area contributed by atoms with E-state index in [9.17, 15) is 0 Å². The van der Waals surface area contributed by atoms with Crippen molar-refractivity contribution < 1.29 is 0 Å². The highest BCUT2D eigenvalue weighted by atomic mass is 15.3. The van der Waals surface area contributed by atoms with Gasteiger partial charge < -0.3 is 0 Å². The predicted molar refractivity (Wildman–Crippen MR) is 174 cm³/mol. The maximum absolute atomic E-state index is 5.46. The lowest BCUT2D eigenvalue weighted by atomic mass is 9.82. The normalized spacial score (nSPS) is 16.3. The molecule has 0 aliphatic heterocycles. The number of aromatic nitrogens is 5. The monoisotopic (exact) mass is 553 g/mol. The third-order valence-corrected chi connectivity index (χ3v) is 10.8. The van der Waals surface area contributed by atoms with Crippen LogP contribution in [0.25, 0.3) is 72.4 Å². The smallest absolute Gasteiger partial charge is 0.223 e. The zero-order chi connectivity index (χ0) is 28.6. The van der Waals surface area contributed by atoms with Gasteiger partial charge in [-0.3, -0.25) is 8.80 Å². The molecule has 0 atom stereocenters. The van der Waals surface area contributed by atoms with Gasteiger partial charge in [-0.15, -0.1) is 0 Å². The summed E-state index contributed by atoms with van der Waals surface area (Å²) in [5.41, 5.74) is 18.4. The highest BCUT2D eigenvalue weighted by Gasteiger charge is 2.39. The average Bonchev–Trinajstić information content (AvgIpc) is 3.80. The first-order chi connectivity index (χ1) is 20.9. The van der Waals surface area contributed by atoms with E-state index in [1.165, 1.54) is 50.0 Å². The van der Waals surface area contributed by atoms with Gasteiger partial charge in [-0.1, -0.05) is 88.4 Å². The molecule has 204 valence electrons. The van der Waals surface area contributed by atoms with Crippen molar-refractivity contribution >= 4 is 50.2 Å². The molecule has 5 heteroatoms. The topological polar surface area (TPSA) is 39.0 Å². The van der Waals surface area contributed by atoms with E-state index in [2.05, 4.69) is 132 Å². The summed E-state index contributed by atoms with van der Waals surface area (Å²) in [6, 6.07) is 33.5. The number of benzene rings is 5. The molecular formula is C38H27N5. The van der Waals surface area contributed by atoms with Crippen molar-refractivity contribution in [3.63, 3.8) is 0 Å². The van der Waals surface area contributed by atoms with Crippen LogP contribution >= 0.6 is 0 Å². The zero-order valence-corrected chi connectivity index (χ0v) is 24.4. The largest absolute Gasteiger partial charge is 0.276 e.